The number of likely N-dealkylation sites (tertiary alicyclic amines) is 2. The van der Waals surface area contributed by atoms with Crippen molar-refractivity contribution in [1.82, 2.24) is 20.4 Å². The lowest BCUT2D eigenvalue weighted by Crippen LogP contribution is -2.41. The van der Waals surface area contributed by atoms with Gasteiger partial charge in [0.2, 0.25) is 5.91 Å². The number of benzene rings is 1. The predicted molar refractivity (Wildman–Crippen MR) is 130 cm³/mol. The SMILES string of the molecule is CCNC(=NCC(=O)N1CCCC1)NCC1CCN(CCc2ccccc2)C1.I. The number of halogens is 1. The molecule has 2 saturated heterocycles. The summed E-state index contributed by atoms with van der Waals surface area (Å²) in [5.41, 5.74) is 1.41. The Labute approximate surface area is 192 Å². The molecule has 1 amide bonds. The standard InChI is InChI=1S/C22H35N5O.HI/c1-2-23-22(25-17-21(28)27-12-6-7-13-27)24-16-20-11-15-26(18-20)14-10-19-8-4-3-5-9-19;/h3-5,8-9,20H,2,6-7,10-18H2,1H3,(H2,23,24,25);1H. The maximum absolute atomic E-state index is 12.2. The molecule has 2 heterocycles. The fraction of sp³-hybridized carbons (Fsp3) is 0.636. The van der Waals surface area contributed by atoms with Crippen LogP contribution in [0.4, 0.5) is 0 Å². The van der Waals surface area contributed by atoms with Crippen LogP contribution in [0.5, 0.6) is 0 Å². The second-order valence-corrected chi connectivity index (χ2v) is 7.85. The van der Waals surface area contributed by atoms with Gasteiger partial charge in [0, 0.05) is 39.3 Å². The minimum atomic E-state index is 0. The van der Waals surface area contributed by atoms with Gasteiger partial charge in [-0.25, -0.2) is 4.99 Å². The first-order chi connectivity index (χ1) is 13.7. The average molecular weight is 513 g/mol. The third kappa shape index (κ3) is 8.12. The normalized spacial score (nSPS) is 19.8. The smallest absolute Gasteiger partial charge is 0.244 e. The van der Waals surface area contributed by atoms with Gasteiger partial charge in [0.05, 0.1) is 0 Å². The van der Waals surface area contributed by atoms with Gasteiger partial charge in [-0.15, -0.1) is 24.0 Å². The molecular formula is C22H36IN5O. The van der Waals surface area contributed by atoms with E-state index in [0.717, 1.165) is 64.5 Å². The molecule has 2 N–H and O–H groups in total. The number of amides is 1. The first-order valence-electron chi connectivity index (χ1n) is 10.8. The van der Waals surface area contributed by atoms with Crippen LogP contribution >= 0.6 is 24.0 Å². The number of hydrogen-bond acceptors (Lipinski definition) is 3. The summed E-state index contributed by atoms with van der Waals surface area (Å²) in [6.07, 6.45) is 4.57. The Kier molecular flexibility index (Phi) is 10.8. The quantitative estimate of drug-likeness (QED) is 0.319. The van der Waals surface area contributed by atoms with E-state index in [-0.39, 0.29) is 36.4 Å². The maximum Gasteiger partial charge on any atom is 0.244 e. The molecule has 0 aromatic heterocycles. The first kappa shape index (κ1) is 23.9. The molecule has 3 rings (SSSR count). The lowest BCUT2D eigenvalue weighted by Gasteiger charge is -2.18. The van der Waals surface area contributed by atoms with Gasteiger partial charge in [-0.05, 0) is 50.6 Å². The van der Waals surface area contributed by atoms with Crippen molar-refractivity contribution in [3.63, 3.8) is 0 Å². The summed E-state index contributed by atoms with van der Waals surface area (Å²) >= 11 is 0. The van der Waals surface area contributed by atoms with Gasteiger partial charge in [0.25, 0.3) is 0 Å². The molecule has 1 atom stereocenters. The predicted octanol–water partition coefficient (Wildman–Crippen LogP) is 2.35. The van der Waals surface area contributed by atoms with E-state index in [1.165, 1.54) is 18.5 Å². The minimum Gasteiger partial charge on any atom is -0.357 e. The van der Waals surface area contributed by atoms with E-state index in [0.29, 0.717) is 5.92 Å². The number of nitrogens with one attached hydrogen (secondary N) is 2. The Balaban J connectivity index is 0.00000300. The van der Waals surface area contributed by atoms with Gasteiger partial charge in [-0.2, -0.15) is 0 Å². The molecule has 0 spiro atoms. The van der Waals surface area contributed by atoms with Crippen LogP contribution < -0.4 is 10.6 Å². The Morgan fingerprint density at radius 1 is 1.14 bits per heavy atom. The van der Waals surface area contributed by atoms with Crippen molar-refractivity contribution in [2.75, 3.05) is 52.4 Å². The topological polar surface area (TPSA) is 60.0 Å². The van der Waals surface area contributed by atoms with Crippen LogP contribution in [0.15, 0.2) is 35.3 Å². The molecule has 2 aliphatic heterocycles. The van der Waals surface area contributed by atoms with Crippen molar-refractivity contribution in [3.05, 3.63) is 35.9 Å². The molecule has 0 radical (unpaired) electrons. The summed E-state index contributed by atoms with van der Waals surface area (Å²) < 4.78 is 0. The van der Waals surface area contributed by atoms with Gasteiger partial charge >= 0.3 is 0 Å². The third-order valence-electron chi connectivity index (χ3n) is 5.66. The Morgan fingerprint density at radius 3 is 2.62 bits per heavy atom. The Morgan fingerprint density at radius 2 is 1.90 bits per heavy atom. The van der Waals surface area contributed by atoms with Crippen LogP contribution in [-0.4, -0.2) is 74.0 Å². The van der Waals surface area contributed by atoms with Crippen molar-refractivity contribution in [1.29, 1.82) is 0 Å². The summed E-state index contributed by atoms with van der Waals surface area (Å²) in [4.78, 5) is 21.2. The average Bonchev–Trinajstić information content (AvgIpc) is 3.41. The van der Waals surface area contributed by atoms with E-state index in [9.17, 15) is 4.79 Å². The highest BCUT2D eigenvalue weighted by Gasteiger charge is 2.22. The first-order valence-corrected chi connectivity index (χ1v) is 10.8. The second kappa shape index (κ2) is 13.1. The number of guanidine groups is 1. The highest BCUT2D eigenvalue weighted by atomic mass is 127. The molecule has 6 nitrogen and oxygen atoms in total. The molecule has 2 fully saturated rings. The molecule has 0 saturated carbocycles. The number of carbonyl (C=O) groups excluding carboxylic acids is 1. The highest BCUT2D eigenvalue weighted by Crippen LogP contribution is 2.16. The molecular weight excluding hydrogens is 477 g/mol. The zero-order valence-electron chi connectivity index (χ0n) is 17.6. The molecule has 29 heavy (non-hydrogen) atoms. The molecule has 2 aliphatic rings. The molecule has 7 heteroatoms. The van der Waals surface area contributed by atoms with Gasteiger partial charge in [-0.3, -0.25) is 4.79 Å². The van der Waals surface area contributed by atoms with Crippen molar-refractivity contribution in [2.45, 2.75) is 32.6 Å². The van der Waals surface area contributed by atoms with Crippen molar-refractivity contribution in [2.24, 2.45) is 10.9 Å². The Bertz CT molecular complexity index is 633. The minimum absolute atomic E-state index is 0. The van der Waals surface area contributed by atoms with Crippen LogP contribution in [-0.2, 0) is 11.2 Å². The summed E-state index contributed by atoms with van der Waals surface area (Å²) in [5, 5.41) is 6.71. The lowest BCUT2D eigenvalue weighted by atomic mass is 10.1. The van der Waals surface area contributed by atoms with E-state index in [1.807, 2.05) is 4.90 Å². The van der Waals surface area contributed by atoms with E-state index in [2.05, 4.69) is 57.8 Å². The van der Waals surface area contributed by atoms with E-state index < -0.39 is 0 Å². The van der Waals surface area contributed by atoms with E-state index >= 15 is 0 Å². The second-order valence-electron chi connectivity index (χ2n) is 7.85. The fourth-order valence-electron chi connectivity index (χ4n) is 4.01. The molecule has 1 aromatic carbocycles. The van der Waals surface area contributed by atoms with Crippen LogP contribution in [0.2, 0.25) is 0 Å². The van der Waals surface area contributed by atoms with E-state index in [4.69, 9.17) is 0 Å². The zero-order valence-corrected chi connectivity index (χ0v) is 19.9. The number of hydrogen-bond donors (Lipinski definition) is 2. The molecule has 0 bridgehead atoms. The molecule has 1 aromatic rings. The zero-order chi connectivity index (χ0) is 19.6. The van der Waals surface area contributed by atoms with Crippen LogP contribution in [0.1, 0.15) is 31.7 Å². The van der Waals surface area contributed by atoms with Crippen LogP contribution in [0, 0.1) is 5.92 Å². The Hall–Kier alpha value is -1.35. The number of rotatable bonds is 8. The number of carbonyl (C=O) groups is 1. The molecule has 1 unspecified atom stereocenters. The van der Waals surface area contributed by atoms with Gasteiger partial charge in [0.1, 0.15) is 6.54 Å². The summed E-state index contributed by atoms with van der Waals surface area (Å²) in [7, 11) is 0. The highest BCUT2D eigenvalue weighted by molar-refractivity contribution is 14.0. The lowest BCUT2D eigenvalue weighted by molar-refractivity contribution is -0.128. The summed E-state index contributed by atoms with van der Waals surface area (Å²) in [6, 6.07) is 10.7. The molecule has 0 aliphatic carbocycles. The van der Waals surface area contributed by atoms with Gasteiger partial charge < -0.3 is 20.4 Å². The van der Waals surface area contributed by atoms with E-state index in [1.54, 1.807) is 0 Å². The van der Waals surface area contributed by atoms with Crippen molar-refractivity contribution >= 4 is 35.8 Å². The number of nitrogens with zero attached hydrogens (tertiary/aromatic N) is 3. The van der Waals surface area contributed by atoms with Crippen molar-refractivity contribution < 1.29 is 4.79 Å². The molecule has 162 valence electrons. The largest absolute Gasteiger partial charge is 0.357 e. The van der Waals surface area contributed by atoms with Crippen LogP contribution in [0.25, 0.3) is 0 Å². The third-order valence-corrected chi connectivity index (χ3v) is 5.66. The summed E-state index contributed by atoms with van der Waals surface area (Å²) in [5.74, 6) is 1.54. The van der Waals surface area contributed by atoms with Crippen LogP contribution in [0.3, 0.4) is 0 Å². The van der Waals surface area contributed by atoms with Gasteiger partial charge in [-0.1, -0.05) is 30.3 Å². The summed E-state index contributed by atoms with van der Waals surface area (Å²) in [6.45, 7) is 9.20. The fourth-order valence-corrected chi connectivity index (χ4v) is 4.01. The maximum atomic E-state index is 12.2. The van der Waals surface area contributed by atoms with Gasteiger partial charge in [0.15, 0.2) is 5.96 Å². The number of aliphatic imine (C=N–C) groups is 1. The van der Waals surface area contributed by atoms with Crippen molar-refractivity contribution in [3.8, 4) is 0 Å². The monoisotopic (exact) mass is 513 g/mol.